The van der Waals surface area contributed by atoms with E-state index in [2.05, 4.69) is 20.6 Å². The first kappa shape index (κ1) is 20.8. The maximum Gasteiger partial charge on any atom is 0.313 e. The number of morpholine rings is 1. The van der Waals surface area contributed by atoms with Crippen LogP contribution in [0.2, 0.25) is 5.02 Å². The summed E-state index contributed by atoms with van der Waals surface area (Å²) in [5.41, 5.74) is 1.46. The molecule has 1 aliphatic carbocycles. The van der Waals surface area contributed by atoms with Gasteiger partial charge in [-0.3, -0.25) is 19.2 Å². The molecule has 0 unspecified atom stereocenters. The standard InChI is InChI=1S/C21H26ClN5O3/c22-17-5-3-16(4-6-17)19(15-1-2-15)25-21(29)20(28)24-18-13-23-27(14-18)8-7-26-9-11-30-12-10-26/h3-6,13-15,19H,1-2,7-12H2,(H,24,28)(H,25,29)/t19-/m1/s1. The summed E-state index contributed by atoms with van der Waals surface area (Å²) in [5, 5.41) is 10.4. The largest absolute Gasteiger partial charge is 0.379 e. The highest BCUT2D eigenvalue weighted by molar-refractivity contribution is 6.39. The third-order valence-electron chi connectivity index (χ3n) is 5.46. The topological polar surface area (TPSA) is 88.5 Å². The second-order valence-corrected chi connectivity index (χ2v) is 8.18. The predicted octanol–water partition coefficient (Wildman–Crippen LogP) is 2.07. The van der Waals surface area contributed by atoms with E-state index in [1.54, 1.807) is 29.2 Å². The van der Waals surface area contributed by atoms with Gasteiger partial charge in [0.2, 0.25) is 0 Å². The fraction of sp³-hybridized carbons (Fsp3) is 0.476. The van der Waals surface area contributed by atoms with E-state index < -0.39 is 11.8 Å². The number of halogens is 1. The zero-order valence-corrected chi connectivity index (χ0v) is 17.5. The lowest BCUT2D eigenvalue weighted by Gasteiger charge is -2.26. The number of benzene rings is 1. The Morgan fingerprint density at radius 3 is 2.57 bits per heavy atom. The monoisotopic (exact) mass is 431 g/mol. The van der Waals surface area contributed by atoms with Crippen LogP contribution in [0, 0.1) is 5.92 Å². The Balaban J connectivity index is 1.29. The van der Waals surface area contributed by atoms with Gasteiger partial charge in [-0.2, -0.15) is 5.10 Å². The van der Waals surface area contributed by atoms with Gasteiger partial charge in [0.05, 0.1) is 37.7 Å². The zero-order chi connectivity index (χ0) is 20.9. The van der Waals surface area contributed by atoms with Crippen molar-refractivity contribution in [1.82, 2.24) is 20.0 Å². The van der Waals surface area contributed by atoms with Gasteiger partial charge in [0, 0.05) is 30.9 Å². The predicted molar refractivity (Wildman–Crippen MR) is 113 cm³/mol. The smallest absolute Gasteiger partial charge is 0.313 e. The minimum absolute atomic E-state index is 0.184. The van der Waals surface area contributed by atoms with Crippen LogP contribution in [-0.4, -0.2) is 59.3 Å². The first-order valence-corrected chi connectivity index (χ1v) is 10.7. The Kier molecular flexibility index (Phi) is 6.66. The molecule has 2 N–H and O–H groups in total. The van der Waals surface area contributed by atoms with E-state index in [1.165, 1.54) is 0 Å². The number of hydrogen-bond donors (Lipinski definition) is 2. The molecule has 2 heterocycles. The van der Waals surface area contributed by atoms with E-state index in [1.807, 2.05) is 12.1 Å². The van der Waals surface area contributed by atoms with Crippen LogP contribution in [0.4, 0.5) is 5.69 Å². The minimum atomic E-state index is -0.692. The maximum absolute atomic E-state index is 12.5. The minimum Gasteiger partial charge on any atom is -0.379 e. The van der Waals surface area contributed by atoms with E-state index in [4.69, 9.17) is 16.3 Å². The number of hydrogen-bond acceptors (Lipinski definition) is 5. The lowest BCUT2D eigenvalue weighted by Crippen LogP contribution is -2.38. The molecule has 2 aromatic rings. The third-order valence-corrected chi connectivity index (χ3v) is 5.71. The summed E-state index contributed by atoms with van der Waals surface area (Å²) in [5.74, 6) is -0.990. The van der Waals surface area contributed by atoms with Crippen molar-refractivity contribution in [2.75, 3.05) is 38.2 Å². The van der Waals surface area contributed by atoms with Crippen molar-refractivity contribution < 1.29 is 14.3 Å². The molecule has 1 aliphatic heterocycles. The summed E-state index contributed by atoms with van der Waals surface area (Å²) in [6.07, 6.45) is 5.36. The van der Waals surface area contributed by atoms with E-state index in [0.29, 0.717) is 23.2 Å². The molecule has 1 aromatic carbocycles. The Hall–Kier alpha value is -2.42. The molecule has 30 heavy (non-hydrogen) atoms. The fourth-order valence-electron chi connectivity index (χ4n) is 3.59. The molecular formula is C21H26ClN5O3. The second-order valence-electron chi connectivity index (χ2n) is 7.74. The Bertz CT molecular complexity index is 875. The summed E-state index contributed by atoms with van der Waals surface area (Å²) < 4.78 is 7.11. The SMILES string of the molecule is O=C(Nc1cnn(CCN2CCOCC2)c1)C(=O)N[C@@H](c1ccc(Cl)cc1)C1CC1. The van der Waals surface area contributed by atoms with Gasteiger partial charge in [0.15, 0.2) is 0 Å². The summed E-state index contributed by atoms with van der Waals surface area (Å²) in [4.78, 5) is 27.2. The van der Waals surface area contributed by atoms with Crippen molar-refractivity contribution in [3.05, 3.63) is 47.2 Å². The summed E-state index contributed by atoms with van der Waals surface area (Å²) >= 11 is 5.96. The third kappa shape index (κ3) is 5.59. The Morgan fingerprint density at radius 1 is 1.13 bits per heavy atom. The van der Waals surface area contributed by atoms with Crippen LogP contribution in [0.5, 0.6) is 0 Å². The molecule has 2 fully saturated rings. The highest BCUT2D eigenvalue weighted by Gasteiger charge is 2.34. The molecule has 0 radical (unpaired) electrons. The van der Waals surface area contributed by atoms with Crippen molar-refractivity contribution in [2.45, 2.75) is 25.4 Å². The number of nitrogens with one attached hydrogen (secondary N) is 2. The molecule has 2 aliphatic rings. The molecule has 8 nitrogen and oxygen atoms in total. The molecule has 9 heteroatoms. The van der Waals surface area contributed by atoms with E-state index in [-0.39, 0.29) is 6.04 Å². The van der Waals surface area contributed by atoms with Gasteiger partial charge in [-0.15, -0.1) is 0 Å². The summed E-state index contributed by atoms with van der Waals surface area (Å²) in [7, 11) is 0. The van der Waals surface area contributed by atoms with Crippen LogP contribution in [0.3, 0.4) is 0 Å². The number of carbonyl (C=O) groups is 2. The van der Waals surface area contributed by atoms with Crippen molar-refractivity contribution in [1.29, 1.82) is 0 Å². The maximum atomic E-state index is 12.5. The number of ether oxygens (including phenoxy) is 1. The highest BCUT2D eigenvalue weighted by Crippen LogP contribution is 2.41. The first-order chi connectivity index (χ1) is 14.6. The molecule has 1 saturated heterocycles. The molecule has 0 spiro atoms. The van der Waals surface area contributed by atoms with Gasteiger partial charge >= 0.3 is 11.8 Å². The number of rotatable bonds is 7. The zero-order valence-electron chi connectivity index (χ0n) is 16.7. The van der Waals surface area contributed by atoms with Crippen LogP contribution in [0.1, 0.15) is 24.4 Å². The fourth-order valence-corrected chi connectivity index (χ4v) is 3.71. The van der Waals surface area contributed by atoms with Crippen molar-refractivity contribution >= 4 is 29.1 Å². The molecule has 0 bridgehead atoms. The molecule has 1 atom stereocenters. The highest BCUT2D eigenvalue weighted by atomic mass is 35.5. The van der Waals surface area contributed by atoms with Crippen LogP contribution >= 0.6 is 11.6 Å². The van der Waals surface area contributed by atoms with E-state index in [0.717, 1.165) is 51.3 Å². The van der Waals surface area contributed by atoms with Crippen LogP contribution in [0.25, 0.3) is 0 Å². The van der Waals surface area contributed by atoms with E-state index in [9.17, 15) is 9.59 Å². The van der Waals surface area contributed by atoms with Gasteiger partial charge < -0.3 is 15.4 Å². The number of aromatic nitrogens is 2. The molecule has 2 amide bonds. The number of carbonyl (C=O) groups excluding carboxylic acids is 2. The molecule has 1 saturated carbocycles. The summed E-state index contributed by atoms with van der Waals surface area (Å²) in [6.45, 7) is 4.92. The number of nitrogens with zero attached hydrogens (tertiary/aromatic N) is 3. The van der Waals surface area contributed by atoms with Gasteiger partial charge in [-0.25, -0.2) is 0 Å². The average molecular weight is 432 g/mol. The molecule has 160 valence electrons. The van der Waals surface area contributed by atoms with E-state index >= 15 is 0 Å². The van der Waals surface area contributed by atoms with Crippen molar-refractivity contribution in [2.24, 2.45) is 5.92 Å². The molecular weight excluding hydrogens is 406 g/mol. The van der Waals surface area contributed by atoms with Crippen LogP contribution < -0.4 is 10.6 Å². The van der Waals surface area contributed by atoms with Crippen molar-refractivity contribution in [3.63, 3.8) is 0 Å². The number of amides is 2. The molecule has 4 rings (SSSR count). The lowest BCUT2D eigenvalue weighted by molar-refractivity contribution is -0.136. The Labute approximate surface area is 180 Å². The lowest BCUT2D eigenvalue weighted by atomic mass is 10.0. The van der Waals surface area contributed by atoms with Crippen LogP contribution in [-0.2, 0) is 20.9 Å². The van der Waals surface area contributed by atoms with Crippen LogP contribution in [0.15, 0.2) is 36.7 Å². The van der Waals surface area contributed by atoms with Gasteiger partial charge in [-0.05, 0) is 36.5 Å². The molecule has 1 aromatic heterocycles. The van der Waals surface area contributed by atoms with Gasteiger partial charge in [0.25, 0.3) is 0 Å². The Morgan fingerprint density at radius 2 is 1.87 bits per heavy atom. The summed E-state index contributed by atoms with van der Waals surface area (Å²) in [6, 6.07) is 7.19. The van der Waals surface area contributed by atoms with Crippen molar-refractivity contribution in [3.8, 4) is 0 Å². The quantitative estimate of drug-likeness (QED) is 0.655. The normalized spacial score (nSPS) is 18.0. The average Bonchev–Trinajstić information content (AvgIpc) is 3.51. The van der Waals surface area contributed by atoms with Gasteiger partial charge in [0.1, 0.15) is 0 Å². The number of anilines is 1. The first-order valence-electron chi connectivity index (χ1n) is 10.3. The van der Waals surface area contributed by atoms with Gasteiger partial charge in [-0.1, -0.05) is 23.7 Å². The second kappa shape index (κ2) is 9.59.